The maximum Gasteiger partial charge on any atom is 0.382 e. The highest BCUT2D eigenvalue weighted by Gasteiger charge is 2.27. The zero-order valence-electron chi connectivity index (χ0n) is 25.1. The Morgan fingerprint density at radius 2 is 1.18 bits per heavy atom. The van der Waals surface area contributed by atoms with Gasteiger partial charge >= 0.3 is 9.28 Å². The van der Waals surface area contributed by atoms with Gasteiger partial charge in [-0.05, 0) is 37.5 Å². The number of hydrogen-bond acceptors (Lipinski definition) is 6. The van der Waals surface area contributed by atoms with Crippen molar-refractivity contribution in [1.82, 2.24) is 0 Å². The highest BCUT2D eigenvalue weighted by molar-refractivity contribution is 6.76. The summed E-state index contributed by atoms with van der Waals surface area (Å²) in [6.45, 7) is 27.5. The van der Waals surface area contributed by atoms with Crippen molar-refractivity contribution >= 4 is 40.9 Å². The van der Waals surface area contributed by atoms with Crippen LogP contribution in [0.1, 0.15) is 119 Å². The number of Topliss-reactive ketones (excluding diaryl/α,β-unsaturated/α-hetero) is 2. The van der Waals surface area contributed by atoms with Crippen LogP contribution in [0.2, 0.25) is 31.7 Å². The molecule has 0 aromatic carbocycles. The van der Waals surface area contributed by atoms with Gasteiger partial charge in [0.05, 0.1) is 0 Å². The van der Waals surface area contributed by atoms with E-state index in [1.165, 1.54) is 13.0 Å². The van der Waals surface area contributed by atoms with E-state index in [2.05, 4.69) is 51.8 Å². The molecule has 0 aliphatic rings. The van der Waals surface area contributed by atoms with Crippen LogP contribution < -0.4 is 0 Å². The third kappa shape index (κ3) is 66.9. The molecule has 0 saturated carbocycles. The van der Waals surface area contributed by atoms with Crippen LogP contribution in [0.3, 0.4) is 0 Å². The third-order valence-corrected chi connectivity index (χ3v) is 8.20. The van der Waals surface area contributed by atoms with E-state index in [0.29, 0.717) is 29.4 Å². The van der Waals surface area contributed by atoms with Gasteiger partial charge in [0, 0.05) is 40.3 Å². The Morgan fingerprint density at radius 3 is 1.36 bits per heavy atom. The van der Waals surface area contributed by atoms with Crippen LogP contribution in [0, 0.1) is 23.2 Å². The fraction of sp³-hybridized carbons (Fsp3) is 0.867. The topological polar surface area (TPSA) is 118 Å². The van der Waals surface area contributed by atoms with Gasteiger partial charge in [0.15, 0.2) is 0 Å². The van der Waals surface area contributed by atoms with E-state index in [1.54, 1.807) is 13.8 Å². The summed E-state index contributed by atoms with van der Waals surface area (Å²) < 4.78 is 4.62. The minimum Gasteiger partial charge on any atom is -0.497 e. The van der Waals surface area contributed by atoms with Gasteiger partial charge in [-0.1, -0.05) is 104 Å². The minimum atomic E-state index is -2.17. The van der Waals surface area contributed by atoms with Crippen LogP contribution >= 0.6 is 0 Å². The highest BCUT2D eigenvalue weighted by atomic mass is 28.3. The monoisotopic (exact) mass is 600 g/mol. The number of aliphatic carboxylic acids is 1. The van der Waals surface area contributed by atoms with Gasteiger partial charge in [-0.25, -0.2) is 0 Å². The second kappa shape index (κ2) is 29.7. The first-order valence-corrected chi connectivity index (χ1v) is 18.0. The first kappa shape index (κ1) is 57.5. The van der Waals surface area contributed by atoms with Gasteiger partial charge in [0.25, 0.3) is 11.9 Å². The van der Waals surface area contributed by atoms with Crippen molar-refractivity contribution in [3.05, 3.63) is 0 Å². The summed E-state index contributed by atoms with van der Waals surface area (Å²) in [5.74, 6) is 0.719. The zero-order valence-corrected chi connectivity index (χ0v) is 27.2. The van der Waals surface area contributed by atoms with Gasteiger partial charge in [-0.15, -0.1) is 0 Å². The molecule has 0 saturated heterocycles. The van der Waals surface area contributed by atoms with Crippen LogP contribution in [0.25, 0.3) is 0 Å². The Kier molecular flexibility index (Phi) is 43.8. The molecule has 0 rings (SSSR count). The molecule has 9 heteroatoms. The number of hydrogen-bond donors (Lipinski definition) is 2. The van der Waals surface area contributed by atoms with Gasteiger partial charge in [0.1, 0.15) is 11.6 Å². The molecule has 0 aromatic rings. The summed E-state index contributed by atoms with van der Waals surface area (Å²) in [7, 11) is -3.18. The van der Waals surface area contributed by atoms with Gasteiger partial charge < -0.3 is 19.1 Å². The van der Waals surface area contributed by atoms with Gasteiger partial charge in [-0.3, -0.25) is 14.4 Å². The Labute approximate surface area is 247 Å². The SMILES string of the molecule is C.C.C.C.CC(=O)C(C)CC(C)C.CC(=O)CC(C)(C)C[Si](C)(C)C.CC(=O)O.CC(=O)O[SiH](O)CC(C)C. The van der Waals surface area contributed by atoms with Crippen molar-refractivity contribution in [2.75, 3.05) is 0 Å². The molecule has 2 N–H and O–H groups in total. The fourth-order valence-electron chi connectivity index (χ4n) is 3.69. The van der Waals surface area contributed by atoms with E-state index >= 15 is 0 Å². The first-order valence-electron chi connectivity index (χ1n) is 12.5. The van der Waals surface area contributed by atoms with E-state index in [1.807, 2.05) is 20.8 Å². The predicted octanol–water partition coefficient (Wildman–Crippen LogP) is 8.64. The maximum atomic E-state index is 11.0. The lowest BCUT2D eigenvalue weighted by Gasteiger charge is -2.30. The van der Waals surface area contributed by atoms with E-state index in [0.717, 1.165) is 19.8 Å². The van der Waals surface area contributed by atoms with Crippen LogP contribution in [0.5, 0.6) is 0 Å². The zero-order chi connectivity index (χ0) is 29.2. The largest absolute Gasteiger partial charge is 0.497 e. The molecule has 0 amide bonds. The molecule has 242 valence electrons. The van der Waals surface area contributed by atoms with E-state index in [9.17, 15) is 14.4 Å². The molecule has 0 bridgehead atoms. The highest BCUT2D eigenvalue weighted by Crippen LogP contribution is 2.31. The number of carboxylic acids is 1. The number of carboxylic acid groups (broad SMARTS) is 1. The average molecular weight is 601 g/mol. The molecule has 0 spiro atoms. The molecule has 2 unspecified atom stereocenters. The molecule has 39 heavy (non-hydrogen) atoms. The van der Waals surface area contributed by atoms with Gasteiger partial charge in [0.2, 0.25) is 0 Å². The van der Waals surface area contributed by atoms with Crippen molar-refractivity contribution < 1.29 is 33.5 Å². The first-order chi connectivity index (χ1) is 15.4. The molecule has 7 nitrogen and oxygen atoms in total. The minimum absolute atomic E-state index is 0. The second-order valence-corrected chi connectivity index (χ2v) is 19.2. The fourth-order valence-corrected chi connectivity index (χ4v) is 7.97. The lowest BCUT2D eigenvalue weighted by atomic mass is 9.90. The normalized spacial score (nSPS) is 11.3. The molecule has 0 aliphatic carbocycles. The summed E-state index contributed by atoms with van der Waals surface area (Å²) in [5, 5.41) is 7.42. The Hall–Kier alpha value is -1.33. The van der Waals surface area contributed by atoms with Crippen LogP contribution in [0.4, 0.5) is 0 Å². The average Bonchev–Trinajstić information content (AvgIpc) is 2.48. The van der Waals surface area contributed by atoms with Crippen molar-refractivity contribution in [3.8, 4) is 0 Å². The second-order valence-electron chi connectivity index (χ2n) is 12.1. The number of carbonyl (C=O) groups excluding carboxylic acids is 3. The van der Waals surface area contributed by atoms with Gasteiger partial charge in [-0.2, -0.15) is 0 Å². The predicted molar refractivity (Wildman–Crippen MR) is 178 cm³/mol. The van der Waals surface area contributed by atoms with E-state index in [4.69, 9.17) is 14.7 Å². The smallest absolute Gasteiger partial charge is 0.382 e. The molecule has 0 radical (unpaired) electrons. The summed E-state index contributed by atoms with van der Waals surface area (Å²) in [4.78, 5) is 50.0. The molecule has 0 fully saturated rings. The third-order valence-electron chi connectivity index (χ3n) is 4.23. The standard InChI is InChI=1S/C10H22OSi.C8H16O.C6H14O3Si.C2H4O2.4CH4/c1-9(11)7-10(2,3)8-12(4,5)6;1-6(2)5-7(3)8(4)9;1-5(2)4-10(8)9-6(3)7;1-2(3)4;;;;/h7-8H2,1-6H3;6-7H,5H2,1-4H3;5,8,10H,4H2,1-3H3;1H3,(H,3,4);4*1H4. The number of ketones is 2. The van der Waals surface area contributed by atoms with Crippen molar-refractivity contribution in [3.63, 3.8) is 0 Å². The maximum absolute atomic E-state index is 11.0. The Morgan fingerprint density at radius 1 is 0.821 bits per heavy atom. The summed E-state index contributed by atoms with van der Waals surface area (Å²) >= 11 is 0. The molecular formula is C30H72O7Si2. The molecule has 0 aliphatic heterocycles. The van der Waals surface area contributed by atoms with Crippen LogP contribution in [-0.2, 0) is 23.6 Å². The Balaban J connectivity index is -0.0000000553. The molecular weight excluding hydrogens is 528 g/mol. The Bertz CT molecular complexity index is 607. The lowest BCUT2D eigenvalue weighted by molar-refractivity contribution is -0.135. The van der Waals surface area contributed by atoms with E-state index in [-0.39, 0.29) is 47.0 Å². The van der Waals surface area contributed by atoms with Crippen LogP contribution in [0.15, 0.2) is 0 Å². The van der Waals surface area contributed by atoms with E-state index < -0.39 is 23.3 Å². The number of rotatable bonds is 10. The quantitative estimate of drug-likeness (QED) is 0.241. The molecule has 0 aromatic heterocycles. The van der Waals surface area contributed by atoms with Crippen LogP contribution in [-0.4, -0.2) is 50.8 Å². The summed E-state index contributed by atoms with van der Waals surface area (Å²) in [5.41, 5.74) is 0.219. The van der Waals surface area contributed by atoms with Crippen molar-refractivity contribution in [2.45, 2.75) is 150 Å². The molecule has 0 heterocycles. The summed E-state index contributed by atoms with van der Waals surface area (Å²) in [6, 6.07) is 1.87. The molecule has 2 atom stereocenters. The number of carbonyl (C=O) groups is 4. The summed E-state index contributed by atoms with van der Waals surface area (Å²) in [6.07, 6.45) is 1.76. The lowest BCUT2D eigenvalue weighted by Crippen LogP contribution is -2.29. The van der Waals surface area contributed by atoms with Crippen molar-refractivity contribution in [2.24, 2.45) is 23.2 Å². The van der Waals surface area contributed by atoms with Crippen molar-refractivity contribution in [1.29, 1.82) is 0 Å².